The van der Waals surface area contributed by atoms with Crippen molar-refractivity contribution in [1.82, 2.24) is 4.57 Å². The number of aromatic hydroxyl groups is 1. The molecule has 0 amide bonds. The number of hydrogen-bond acceptors (Lipinski definition) is 4. The minimum absolute atomic E-state index is 0.104. The predicted molar refractivity (Wildman–Crippen MR) is 72.8 cm³/mol. The van der Waals surface area contributed by atoms with Crippen LogP contribution in [0.15, 0.2) is 40.3 Å². The van der Waals surface area contributed by atoms with Gasteiger partial charge in [-0.15, -0.1) is 0 Å². The first-order valence-electron chi connectivity index (χ1n) is 5.44. The molecule has 98 valence electrons. The third kappa shape index (κ3) is 2.32. The fourth-order valence-electron chi connectivity index (χ4n) is 1.84. The van der Waals surface area contributed by atoms with Gasteiger partial charge < -0.3 is 10.3 Å². The predicted octanol–water partition coefficient (Wildman–Crippen LogP) is 2.31. The Morgan fingerprint density at radius 3 is 2.68 bits per heavy atom. The minimum atomic E-state index is -0.511. The van der Waals surface area contributed by atoms with E-state index in [2.05, 4.69) is 5.16 Å². The van der Waals surface area contributed by atoms with E-state index in [0.717, 1.165) is 6.21 Å². The SMILES string of the molecule is Cc1cc(O)c(C=NO)c(=O)n1-c1ccccc1Cl. The summed E-state index contributed by atoms with van der Waals surface area (Å²) in [6, 6.07) is 8.26. The lowest BCUT2D eigenvalue weighted by molar-refractivity contribution is 0.321. The molecule has 1 aromatic carbocycles. The van der Waals surface area contributed by atoms with E-state index in [1.165, 1.54) is 10.6 Å². The number of rotatable bonds is 2. The van der Waals surface area contributed by atoms with Gasteiger partial charge in [-0.1, -0.05) is 28.9 Å². The summed E-state index contributed by atoms with van der Waals surface area (Å²) in [4.78, 5) is 12.3. The van der Waals surface area contributed by atoms with Gasteiger partial charge in [0.2, 0.25) is 0 Å². The Balaban J connectivity index is 2.82. The monoisotopic (exact) mass is 278 g/mol. The van der Waals surface area contributed by atoms with Crippen molar-refractivity contribution in [2.45, 2.75) is 6.92 Å². The van der Waals surface area contributed by atoms with Crippen molar-refractivity contribution in [2.75, 3.05) is 0 Å². The summed E-state index contributed by atoms with van der Waals surface area (Å²) in [5, 5.41) is 21.4. The molecule has 2 aromatic rings. The first-order valence-corrected chi connectivity index (χ1v) is 5.82. The molecule has 19 heavy (non-hydrogen) atoms. The van der Waals surface area contributed by atoms with E-state index in [1.807, 2.05) is 0 Å². The van der Waals surface area contributed by atoms with Gasteiger partial charge in [-0.2, -0.15) is 0 Å². The summed E-state index contributed by atoms with van der Waals surface area (Å²) in [6.45, 7) is 1.67. The van der Waals surface area contributed by atoms with E-state index >= 15 is 0 Å². The number of aromatic nitrogens is 1. The molecule has 0 bridgehead atoms. The highest BCUT2D eigenvalue weighted by atomic mass is 35.5. The summed E-state index contributed by atoms with van der Waals surface area (Å²) in [5.74, 6) is -0.247. The Bertz CT molecular complexity index is 708. The molecule has 0 fully saturated rings. The third-order valence-electron chi connectivity index (χ3n) is 2.69. The van der Waals surface area contributed by atoms with Gasteiger partial charge in [0.05, 0.1) is 16.9 Å². The number of para-hydroxylation sites is 1. The van der Waals surface area contributed by atoms with E-state index in [-0.39, 0.29) is 11.3 Å². The first kappa shape index (κ1) is 13.2. The van der Waals surface area contributed by atoms with Crippen LogP contribution in [0.5, 0.6) is 5.75 Å². The lowest BCUT2D eigenvalue weighted by atomic mass is 10.2. The zero-order chi connectivity index (χ0) is 14.0. The molecule has 0 unspecified atom stereocenters. The fourth-order valence-corrected chi connectivity index (χ4v) is 2.06. The van der Waals surface area contributed by atoms with Crippen molar-refractivity contribution in [1.29, 1.82) is 0 Å². The maximum atomic E-state index is 12.3. The Morgan fingerprint density at radius 1 is 1.37 bits per heavy atom. The maximum absolute atomic E-state index is 12.3. The van der Waals surface area contributed by atoms with Gasteiger partial charge in [0.1, 0.15) is 11.3 Å². The van der Waals surface area contributed by atoms with Crippen molar-refractivity contribution < 1.29 is 10.3 Å². The summed E-state index contributed by atoms with van der Waals surface area (Å²) < 4.78 is 1.35. The molecule has 5 nitrogen and oxygen atoms in total. The zero-order valence-corrected chi connectivity index (χ0v) is 10.8. The number of halogens is 1. The van der Waals surface area contributed by atoms with E-state index in [0.29, 0.717) is 16.4 Å². The highest BCUT2D eigenvalue weighted by Gasteiger charge is 2.14. The van der Waals surface area contributed by atoms with E-state index in [9.17, 15) is 9.90 Å². The number of oxime groups is 1. The second-order valence-electron chi connectivity index (χ2n) is 3.92. The van der Waals surface area contributed by atoms with Crippen molar-refractivity contribution in [3.63, 3.8) is 0 Å². The van der Waals surface area contributed by atoms with Gasteiger partial charge in [-0.3, -0.25) is 9.36 Å². The molecule has 1 heterocycles. The van der Waals surface area contributed by atoms with E-state index < -0.39 is 5.56 Å². The summed E-state index contributed by atoms with van der Waals surface area (Å²) in [6.07, 6.45) is 0.893. The molecule has 2 N–H and O–H groups in total. The molecule has 1 aromatic heterocycles. The van der Waals surface area contributed by atoms with Crippen LogP contribution in [0.4, 0.5) is 0 Å². The normalized spacial score (nSPS) is 11.1. The van der Waals surface area contributed by atoms with Gasteiger partial charge in [-0.25, -0.2) is 0 Å². The largest absolute Gasteiger partial charge is 0.507 e. The molecular weight excluding hydrogens is 268 g/mol. The highest BCUT2D eigenvalue weighted by molar-refractivity contribution is 6.32. The number of aryl methyl sites for hydroxylation is 1. The van der Waals surface area contributed by atoms with Crippen LogP contribution in [0.1, 0.15) is 11.3 Å². The van der Waals surface area contributed by atoms with Crippen LogP contribution in [0.2, 0.25) is 5.02 Å². The van der Waals surface area contributed by atoms with Crippen LogP contribution in [0.3, 0.4) is 0 Å². The minimum Gasteiger partial charge on any atom is -0.507 e. The van der Waals surface area contributed by atoms with Gasteiger partial charge >= 0.3 is 0 Å². The topological polar surface area (TPSA) is 74.8 Å². The van der Waals surface area contributed by atoms with Crippen LogP contribution in [-0.4, -0.2) is 21.1 Å². The smallest absolute Gasteiger partial charge is 0.268 e. The van der Waals surface area contributed by atoms with Crippen molar-refractivity contribution in [3.05, 3.63) is 57.0 Å². The molecule has 0 saturated carbocycles. The molecule has 2 rings (SSSR count). The second-order valence-corrected chi connectivity index (χ2v) is 4.33. The Kier molecular flexibility index (Phi) is 3.57. The zero-order valence-electron chi connectivity index (χ0n) is 10.0. The molecule has 0 saturated heterocycles. The molecule has 0 atom stereocenters. The van der Waals surface area contributed by atoms with E-state index in [4.69, 9.17) is 16.8 Å². The summed E-state index contributed by atoms with van der Waals surface area (Å²) in [5.41, 5.74) is 0.404. The molecule has 0 spiro atoms. The maximum Gasteiger partial charge on any atom is 0.268 e. The number of pyridine rings is 1. The van der Waals surface area contributed by atoms with Gasteiger partial charge in [0.15, 0.2) is 0 Å². The van der Waals surface area contributed by atoms with Crippen LogP contribution >= 0.6 is 11.6 Å². The van der Waals surface area contributed by atoms with Crippen molar-refractivity contribution >= 4 is 17.8 Å². The van der Waals surface area contributed by atoms with E-state index in [1.54, 1.807) is 31.2 Å². The van der Waals surface area contributed by atoms with Gasteiger partial charge in [0, 0.05) is 11.8 Å². The first-order chi connectivity index (χ1) is 9.06. The van der Waals surface area contributed by atoms with Crippen LogP contribution in [0, 0.1) is 6.92 Å². The van der Waals surface area contributed by atoms with Gasteiger partial charge in [-0.05, 0) is 19.1 Å². The third-order valence-corrected chi connectivity index (χ3v) is 3.01. The average molecular weight is 279 g/mol. The number of benzene rings is 1. The van der Waals surface area contributed by atoms with Gasteiger partial charge in [0.25, 0.3) is 5.56 Å². The molecule has 0 aliphatic carbocycles. The molecular formula is C13H11ClN2O3. The number of hydrogen-bond donors (Lipinski definition) is 2. The quantitative estimate of drug-likeness (QED) is 0.503. The Morgan fingerprint density at radius 2 is 2.05 bits per heavy atom. The number of nitrogens with zero attached hydrogens (tertiary/aromatic N) is 2. The molecule has 0 aliphatic heterocycles. The molecule has 0 radical (unpaired) electrons. The highest BCUT2D eigenvalue weighted by Crippen LogP contribution is 2.22. The lowest BCUT2D eigenvalue weighted by Crippen LogP contribution is -2.24. The molecule has 6 heteroatoms. The summed E-state index contributed by atoms with van der Waals surface area (Å²) >= 11 is 6.07. The van der Waals surface area contributed by atoms with Crippen molar-refractivity contribution in [2.24, 2.45) is 5.16 Å². The standard InChI is InChI=1S/C13H11ClN2O3/c1-8-6-12(17)9(7-15-19)13(18)16(8)11-5-3-2-4-10(11)14/h2-7,17,19H,1H3. The fraction of sp³-hybridized carbons (Fsp3) is 0.0769. The second kappa shape index (κ2) is 5.16. The molecule has 0 aliphatic rings. The van der Waals surface area contributed by atoms with Crippen LogP contribution in [0.25, 0.3) is 5.69 Å². The van der Waals surface area contributed by atoms with Crippen molar-refractivity contribution in [3.8, 4) is 11.4 Å². The lowest BCUT2D eigenvalue weighted by Gasteiger charge is -2.13. The summed E-state index contributed by atoms with van der Waals surface area (Å²) in [7, 11) is 0. The van der Waals surface area contributed by atoms with Crippen LogP contribution < -0.4 is 5.56 Å². The average Bonchev–Trinajstić information content (AvgIpc) is 2.36. The Labute approximate surface area is 114 Å². The Hall–Kier alpha value is -2.27. The van der Waals surface area contributed by atoms with Crippen LogP contribution in [-0.2, 0) is 0 Å².